The van der Waals surface area contributed by atoms with E-state index in [9.17, 15) is 0 Å². The van der Waals surface area contributed by atoms with Crippen LogP contribution < -0.4 is 0 Å². The Hall–Kier alpha value is -4.20. The lowest BCUT2D eigenvalue weighted by atomic mass is 9.86. The molecule has 0 saturated heterocycles. The first-order valence-electron chi connectivity index (χ1n) is 12.6. The fraction of sp³-hybridized carbons (Fsp3) is 0. The number of rotatable bonds is 2. The molecule has 8 rings (SSSR count). The van der Waals surface area contributed by atoms with Crippen LogP contribution in [0.25, 0.3) is 76.1 Å². The van der Waals surface area contributed by atoms with Gasteiger partial charge >= 0.3 is 0 Å². The molecule has 172 valence electrons. The minimum Gasteiger partial charge on any atom is -0.0616 e. The van der Waals surface area contributed by atoms with Gasteiger partial charge in [0.15, 0.2) is 0 Å². The molecule has 0 fully saturated rings. The summed E-state index contributed by atoms with van der Waals surface area (Å²) in [6.07, 6.45) is 0. The SMILES string of the molecule is Brc1cc(-c2cccc3ccccc23)c2ccc3ccc(-c4cccc5ccccc45)c4ccc1c2c34. The standard InChI is InChI=1S/C36H21Br/c37-34-21-33(28-14-6-10-23-8-2-4-12-26(23)28)31-18-16-24-15-17-29(30-19-20-32(34)36(31)35(24)30)27-13-5-9-22-7-1-3-11-25(22)27/h1-21H. The average Bonchev–Trinajstić information content (AvgIpc) is 2.96. The Bertz CT molecular complexity index is 2140. The maximum absolute atomic E-state index is 3.95. The molecule has 0 N–H and O–H groups in total. The van der Waals surface area contributed by atoms with Gasteiger partial charge < -0.3 is 0 Å². The molecule has 0 spiro atoms. The first-order valence-corrected chi connectivity index (χ1v) is 13.4. The summed E-state index contributed by atoms with van der Waals surface area (Å²) in [5.74, 6) is 0. The molecular formula is C36H21Br. The molecule has 1 heteroatoms. The molecule has 0 saturated carbocycles. The van der Waals surface area contributed by atoms with Crippen molar-refractivity contribution >= 4 is 69.8 Å². The van der Waals surface area contributed by atoms with Gasteiger partial charge in [0.2, 0.25) is 0 Å². The first kappa shape index (κ1) is 20.9. The Morgan fingerprint density at radius 1 is 0.324 bits per heavy atom. The summed E-state index contributed by atoms with van der Waals surface area (Å²) in [5, 5.41) is 12.9. The van der Waals surface area contributed by atoms with Gasteiger partial charge in [-0.2, -0.15) is 0 Å². The van der Waals surface area contributed by atoms with E-state index in [1.165, 1.54) is 76.1 Å². The first-order chi connectivity index (χ1) is 18.3. The molecular weight excluding hydrogens is 512 g/mol. The highest BCUT2D eigenvalue weighted by Gasteiger charge is 2.18. The number of hydrogen-bond donors (Lipinski definition) is 0. The molecule has 0 aromatic heterocycles. The van der Waals surface area contributed by atoms with Crippen LogP contribution in [0.15, 0.2) is 132 Å². The zero-order chi connectivity index (χ0) is 24.5. The summed E-state index contributed by atoms with van der Waals surface area (Å²) in [7, 11) is 0. The molecule has 0 unspecified atom stereocenters. The lowest BCUT2D eigenvalue weighted by Crippen LogP contribution is -1.91. The van der Waals surface area contributed by atoms with Crippen molar-refractivity contribution in [1.29, 1.82) is 0 Å². The summed E-state index contributed by atoms with van der Waals surface area (Å²) in [5.41, 5.74) is 5.10. The second-order valence-electron chi connectivity index (χ2n) is 9.82. The van der Waals surface area contributed by atoms with E-state index in [4.69, 9.17) is 0 Å². The van der Waals surface area contributed by atoms with Gasteiger partial charge in [0.25, 0.3) is 0 Å². The lowest BCUT2D eigenvalue weighted by Gasteiger charge is -2.19. The van der Waals surface area contributed by atoms with E-state index in [2.05, 4.69) is 143 Å². The van der Waals surface area contributed by atoms with Gasteiger partial charge in [-0.3, -0.25) is 0 Å². The molecule has 0 amide bonds. The van der Waals surface area contributed by atoms with Gasteiger partial charge in [0.05, 0.1) is 0 Å². The fourth-order valence-electron chi connectivity index (χ4n) is 6.23. The number of halogens is 1. The van der Waals surface area contributed by atoms with Gasteiger partial charge in [-0.25, -0.2) is 0 Å². The minimum absolute atomic E-state index is 1.13. The summed E-state index contributed by atoms with van der Waals surface area (Å²) in [4.78, 5) is 0. The summed E-state index contributed by atoms with van der Waals surface area (Å²) >= 11 is 3.95. The Morgan fingerprint density at radius 3 is 1.57 bits per heavy atom. The van der Waals surface area contributed by atoms with E-state index >= 15 is 0 Å². The second kappa shape index (κ2) is 7.90. The summed E-state index contributed by atoms with van der Waals surface area (Å²) in [6, 6.07) is 46.7. The van der Waals surface area contributed by atoms with E-state index in [0.29, 0.717) is 0 Å². The van der Waals surface area contributed by atoms with Gasteiger partial charge in [0, 0.05) is 4.47 Å². The third kappa shape index (κ3) is 3.01. The summed E-state index contributed by atoms with van der Waals surface area (Å²) in [6.45, 7) is 0. The Morgan fingerprint density at radius 2 is 0.838 bits per heavy atom. The van der Waals surface area contributed by atoms with Gasteiger partial charge in [-0.15, -0.1) is 0 Å². The van der Waals surface area contributed by atoms with E-state index in [0.717, 1.165) is 4.47 Å². The molecule has 0 aliphatic heterocycles. The van der Waals surface area contributed by atoms with Crippen LogP contribution in [-0.2, 0) is 0 Å². The third-order valence-corrected chi connectivity index (χ3v) is 8.55. The molecule has 0 atom stereocenters. The smallest absolute Gasteiger partial charge is 0.0260 e. The average molecular weight is 533 g/mol. The normalized spacial score (nSPS) is 11.9. The van der Waals surface area contributed by atoms with E-state index < -0.39 is 0 Å². The van der Waals surface area contributed by atoms with Crippen LogP contribution in [-0.4, -0.2) is 0 Å². The van der Waals surface area contributed by atoms with Crippen molar-refractivity contribution in [3.05, 3.63) is 132 Å². The Labute approximate surface area is 223 Å². The highest BCUT2D eigenvalue weighted by Crippen LogP contribution is 2.46. The second-order valence-corrected chi connectivity index (χ2v) is 10.7. The Kier molecular flexibility index (Phi) is 4.47. The molecule has 8 aromatic rings. The lowest BCUT2D eigenvalue weighted by molar-refractivity contribution is 1.68. The molecule has 0 aliphatic carbocycles. The maximum atomic E-state index is 3.95. The van der Waals surface area contributed by atoms with Crippen LogP contribution >= 0.6 is 15.9 Å². The zero-order valence-corrected chi connectivity index (χ0v) is 21.6. The zero-order valence-electron chi connectivity index (χ0n) is 20.0. The van der Waals surface area contributed by atoms with Crippen molar-refractivity contribution in [2.45, 2.75) is 0 Å². The van der Waals surface area contributed by atoms with Crippen molar-refractivity contribution in [1.82, 2.24) is 0 Å². The van der Waals surface area contributed by atoms with Crippen LogP contribution in [0.1, 0.15) is 0 Å². The summed E-state index contributed by atoms with van der Waals surface area (Å²) < 4.78 is 1.13. The predicted molar refractivity (Wildman–Crippen MR) is 164 cm³/mol. The molecule has 0 aliphatic rings. The molecule has 0 nitrogen and oxygen atoms in total. The quantitative estimate of drug-likeness (QED) is 0.194. The number of benzene rings is 8. The largest absolute Gasteiger partial charge is 0.0616 e. The van der Waals surface area contributed by atoms with Crippen LogP contribution in [0.4, 0.5) is 0 Å². The molecule has 0 heterocycles. The molecule has 0 radical (unpaired) electrons. The fourth-order valence-corrected chi connectivity index (χ4v) is 6.79. The molecule has 37 heavy (non-hydrogen) atoms. The van der Waals surface area contributed by atoms with Crippen molar-refractivity contribution < 1.29 is 0 Å². The van der Waals surface area contributed by atoms with Crippen LogP contribution in [0.2, 0.25) is 0 Å². The maximum Gasteiger partial charge on any atom is 0.0260 e. The Balaban J connectivity index is 1.51. The van der Waals surface area contributed by atoms with Crippen molar-refractivity contribution in [3.63, 3.8) is 0 Å². The van der Waals surface area contributed by atoms with Gasteiger partial charge in [0.1, 0.15) is 0 Å². The van der Waals surface area contributed by atoms with Crippen LogP contribution in [0.3, 0.4) is 0 Å². The van der Waals surface area contributed by atoms with Crippen molar-refractivity contribution in [2.24, 2.45) is 0 Å². The minimum atomic E-state index is 1.13. The van der Waals surface area contributed by atoms with Crippen LogP contribution in [0, 0.1) is 0 Å². The van der Waals surface area contributed by atoms with E-state index in [1.807, 2.05) is 0 Å². The van der Waals surface area contributed by atoms with E-state index in [1.54, 1.807) is 0 Å². The van der Waals surface area contributed by atoms with E-state index in [-0.39, 0.29) is 0 Å². The van der Waals surface area contributed by atoms with Crippen LogP contribution in [0.5, 0.6) is 0 Å². The highest BCUT2D eigenvalue weighted by molar-refractivity contribution is 9.10. The third-order valence-electron chi connectivity index (χ3n) is 7.89. The number of hydrogen-bond acceptors (Lipinski definition) is 0. The highest BCUT2D eigenvalue weighted by atomic mass is 79.9. The molecule has 8 aromatic carbocycles. The van der Waals surface area contributed by atoms with Gasteiger partial charge in [-0.1, -0.05) is 137 Å². The van der Waals surface area contributed by atoms with Gasteiger partial charge in [-0.05, 0) is 82.2 Å². The number of fused-ring (bicyclic) bond motifs is 2. The molecule has 0 bridgehead atoms. The van der Waals surface area contributed by atoms with Crippen molar-refractivity contribution in [2.75, 3.05) is 0 Å². The predicted octanol–water partition coefficient (Wildman–Crippen LogP) is 11.0. The van der Waals surface area contributed by atoms with Crippen molar-refractivity contribution in [3.8, 4) is 22.3 Å². The topological polar surface area (TPSA) is 0 Å². The monoisotopic (exact) mass is 532 g/mol.